The summed E-state index contributed by atoms with van der Waals surface area (Å²) in [5.74, 6) is 0.0375. The maximum absolute atomic E-state index is 12.2. The van der Waals surface area contributed by atoms with Crippen LogP contribution in [0, 0.1) is 5.41 Å². The lowest BCUT2D eigenvalue weighted by atomic mass is 9.82. The van der Waals surface area contributed by atoms with Crippen LogP contribution >= 0.6 is 0 Å². The highest BCUT2D eigenvalue weighted by Gasteiger charge is 2.28. The Bertz CT molecular complexity index is 390. The zero-order valence-electron chi connectivity index (χ0n) is 11.3. The molecule has 0 heterocycles. The third-order valence-electron chi connectivity index (χ3n) is 2.97. The molecule has 0 saturated heterocycles. The van der Waals surface area contributed by atoms with E-state index in [4.69, 9.17) is 5.73 Å². The lowest BCUT2D eigenvalue weighted by molar-refractivity contribution is 0.0901. The van der Waals surface area contributed by atoms with Crippen molar-refractivity contribution < 1.29 is 4.79 Å². The van der Waals surface area contributed by atoms with Crippen molar-refractivity contribution in [3.05, 3.63) is 35.4 Å². The van der Waals surface area contributed by atoms with Crippen molar-refractivity contribution in [3.8, 4) is 0 Å². The fourth-order valence-electron chi connectivity index (χ4n) is 1.74. The molecule has 1 rings (SSSR count). The van der Waals surface area contributed by atoms with Gasteiger partial charge < -0.3 is 5.73 Å². The van der Waals surface area contributed by atoms with E-state index in [1.165, 1.54) is 5.56 Å². The van der Waals surface area contributed by atoms with Crippen LogP contribution in [0.5, 0.6) is 0 Å². The molecule has 0 aliphatic heterocycles. The molecule has 0 saturated carbocycles. The maximum atomic E-state index is 12.2. The second-order valence-electron chi connectivity index (χ2n) is 5.66. The molecular formula is C15H23NO. The summed E-state index contributed by atoms with van der Waals surface area (Å²) < 4.78 is 0. The van der Waals surface area contributed by atoms with Gasteiger partial charge in [-0.15, -0.1) is 0 Å². The van der Waals surface area contributed by atoms with Crippen molar-refractivity contribution in [1.82, 2.24) is 0 Å². The second kappa shape index (κ2) is 5.46. The first kappa shape index (κ1) is 13.9. The van der Waals surface area contributed by atoms with Crippen LogP contribution in [-0.4, -0.2) is 11.8 Å². The molecule has 1 aromatic rings. The summed E-state index contributed by atoms with van der Waals surface area (Å²) in [5, 5.41) is 0. The average molecular weight is 233 g/mol. The smallest absolute Gasteiger partial charge is 0.180 e. The Labute approximate surface area is 104 Å². The van der Waals surface area contributed by atoms with Crippen LogP contribution in [0.2, 0.25) is 0 Å². The predicted molar refractivity (Wildman–Crippen MR) is 72.2 cm³/mol. The first-order valence-corrected chi connectivity index (χ1v) is 6.25. The fourth-order valence-corrected chi connectivity index (χ4v) is 1.74. The Hall–Kier alpha value is -1.15. The van der Waals surface area contributed by atoms with Crippen LogP contribution in [0.3, 0.4) is 0 Å². The van der Waals surface area contributed by atoms with Gasteiger partial charge in [-0.3, -0.25) is 4.79 Å². The zero-order valence-corrected chi connectivity index (χ0v) is 11.3. The monoisotopic (exact) mass is 233 g/mol. The molecule has 1 atom stereocenters. The minimum atomic E-state index is -0.445. The number of carbonyl (C=O) groups excluding carboxylic acids is 1. The predicted octanol–water partition coefficient (Wildman–Crippen LogP) is 3.20. The van der Waals surface area contributed by atoms with E-state index >= 15 is 0 Å². The molecule has 0 aromatic heterocycles. The summed E-state index contributed by atoms with van der Waals surface area (Å²) in [6.45, 7) is 8.11. The molecule has 2 heteroatoms. The number of Topliss-reactive ketones (excluding diaryl/α,β-unsaturated/α-hetero) is 1. The average Bonchev–Trinajstić information content (AvgIpc) is 2.27. The Morgan fingerprint density at radius 2 is 2.00 bits per heavy atom. The Morgan fingerprint density at radius 3 is 2.53 bits per heavy atom. The first-order valence-electron chi connectivity index (χ1n) is 6.25. The van der Waals surface area contributed by atoms with Crippen molar-refractivity contribution in [3.63, 3.8) is 0 Å². The van der Waals surface area contributed by atoms with Crippen LogP contribution < -0.4 is 5.73 Å². The van der Waals surface area contributed by atoms with Crippen molar-refractivity contribution >= 4 is 5.78 Å². The molecule has 0 radical (unpaired) electrons. The Kier molecular flexibility index (Phi) is 4.47. The number of nitrogens with two attached hydrogens (primary N) is 1. The lowest BCUT2D eigenvalue weighted by Gasteiger charge is -2.25. The number of aryl methyl sites for hydroxylation is 1. The standard InChI is InChI=1S/C15H23NO/c1-5-7-11-8-6-9-12(10-11)13(17)14(16)15(2,3)4/h6,8-10,14H,5,7,16H2,1-4H3. The van der Waals surface area contributed by atoms with Crippen LogP contribution in [0.15, 0.2) is 24.3 Å². The van der Waals surface area contributed by atoms with Crippen molar-refractivity contribution in [2.45, 2.75) is 46.6 Å². The topological polar surface area (TPSA) is 43.1 Å². The Balaban J connectivity index is 2.93. The summed E-state index contributed by atoms with van der Waals surface area (Å²) in [4.78, 5) is 12.2. The largest absolute Gasteiger partial charge is 0.321 e. The molecule has 94 valence electrons. The molecule has 0 bridgehead atoms. The highest BCUT2D eigenvalue weighted by Crippen LogP contribution is 2.21. The number of rotatable bonds is 4. The van der Waals surface area contributed by atoms with Crippen molar-refractivity contribution in [1.29, 1.82) is 0 Å². The van der Waals surface area contributed by atoms with Crippen LogP contribution in [-0.2, 0) is 6.42 Å². The van der Waals surface area contributed by atoms with E-state index in [1.807, 2.05) is 39.0 Å². The van der Waals surface area contributed by atoms with Crippen molar-refractivity contribution in [2.24, 2.45) is 11.1 Å². The highest BCUT2D eigenvalue weighted by atomic mass is 16.1. The van der Waals surface area contributed by atoms with Gasteiger partial charge in [-0.05, 0) is 23.5 Å². The maximum Gasteiger partial charge on any atom is 0.180 e. The van der Waals surface area contributed by atoms with E-state index in [1.54, 1.807) is 0 Å². The van der Waals surface area contributed by atoms with E-state index in [0.29, 0.717) is 0 Å². The van der Waals surface area contributed by atoms with E-state index < -0.39 is 6.04 Å². The van der Waals surface area contributed by atoms with E-state index in [-0.39, 0.29) is 11.2 Å². The molecule has 0 fully saturated rings. The molecule has 17 heavy (non-hydrogen) atoms. The zero-order chi connectivity index (χ0) is 13.1. The minimum Gasteiger partial charge on any atom is -0.321 e. The van der Waals surface area contributed by atoms with Gasteiger partial charge in [0.25, 0.3) is 0 Å². The van der Waals surface area contributed by atoms with Gasteiger partial charge >= 0.3 is 0 Å². The van der Waals surface area contributed by atoms with Gasteiger partial charge in [0, 0.05) is 5.56 Å². The van der Waals surface area contributed by atoms with Gasteiger partial charge in [0.05, 0.1) is 6.04 Å². The summed E-state index contributed by atoms with van der Waals surface area (Å²) in [6.07, 6.45) is 2.09. The quantitative estimate of drug-likeness (QED) is 0.812. The summed E-state index contributed by atoms with van der Waals surface area (Å²) in [6, 6.07) is 7.38. The molecule has 0 aliphatic rings. The highest BCUT2D eigenvalue weighted by molar-refractivity contribution is 6.00. The van der Waals surface area contributed by atoms with Gasteiger partial charge in [-0.25, -0.2) is 0 Å². The number of carbonyl (C=O) groups is 1. The molecule has 1 aromatic carbocycles. The summed E-state index contributed by atoms with van der Waals surface area (Å²) >= 11 is 0. The van der Waals surface area contributed by atoms with Gasteiger partial charge in [-0.2, -0.15) is 0 Å². The molecule has 1 unspecified atom stereocenters. The number of hydrogen-bond acceptors (Lipinski definition) is 2. The molecule has 2 nitrogen and oxygen atoms in total. The van der Waals surface area contributed by atoms with Crippen molar-refractivity contribution in [2.75, 3.05) is 0 Å². The normalized spacial score (nSPS) is 13.5. The summed E-state index contributed by atoms with van der Waals surface area (Å²) in [5.41, 5.74) is 7.75. The molecule has 2 N–H and O–H groups in total. The van der Waals surface area contributed by atoms with Gasteiger partial charge in [0.15, 0.2) is 5.78 Å². The first-order chi connectivity index (χ1) is 7.86. The molecule has 0 aliphatic carbocycles. The number of benzene rings is 1. The minimum absolute atomic E-state index is 0.0375. The third-order valence-corrected chi connectivity index (χ3v) is 2.97. The van der Waals surface area contributed by atoms with E-state index in [0.717, 1.165) is 18.4 Å². The molecular weight excluding hydrogens is 210 g/mol. The third kappa shape index (κ3) is 3.67. The molecule has 0 amide bonds. The molecule has 0 spiro atoms. The lowest BCUT2D eigenvalue weighted by Crippen LogP contribution is -2.42. The summed E-state index contributed by atoms with van der Waals surface area (Å²) in [7, 11) is 0. The van der Waals surface area contributed by atoms with Gasteiger partial charge in [-0.1, -0.05) is 52.3 Å². The fraction of sp³-hybridized carbons (Fsp3) is 0.533. The second-order valence-corrected chi connectivity index (χ2v) is 5.66. The van der Waals surface area contributed by atoms with Gasteiger partial charge in [0.1, 0.15) is 0 Å². The number of hydrogen-bond donors (Lipinski definition) is 1. The van der Waals surface area contributed by atoms with Crippen LogP contribution in [0.25, 0.3) is 0 Å². The van der Waals surface area contributed by atoms with E-state index in [2.05, 4.69) is 13.0 Å². The van der Waals surface area contributed by atoms with Crippen LogP contribution in [0.1, 0.15) is 50.0 Å². The SMILES string of the molecule is CCCc1cccc(C(=O)C(N)C(C)(C)C)c1. The number of ketones is 1. The Morgan fingerprint density at radius 1 is 1.35 bits per heavy atom. The van der Waals surface area contributed by atoms with Crippen LogP contribution in [0.4, 0.5) is 0 Å². The van der Waals surface area contributed by atoms with Gasteiger partial charge in [0.2, 0.25) is 0 Å². The van der Waals surface area contributed by atoms with E-state index in [9.17, 15) is 4.79 Å².